The van der Waals surface area contributed by atoms with E-state index < -0.39 is 0 Å². The Hall–Kier alpha value is -2.04. The molecule has 0 aliphatic rings. The van der Waals surface area contributed by atoms with Crippen molar-refractivity contribution in [2.75, 3.05) is 36.4 Å². The van der Waals surface area contributed by atoms with Gasteiger partial charge in [0.1, 0.15) is 6.42 Å². The maximum atomic E-state index is 12.3. The highest BCUT2D eigenvalue weighted by atomic mass is 16.2. The molecule has 5 nitrogen and oxygen atoms in total. The van der Waals surface area contributed by atoms with E-state index in [9.17, 15) is 9.59 Å². The van der Waals surface area contributed by atoms with Crippen LogP contribution in [-0.4, -0.2) is 42.9 Å². The zero-order chi connectivity index (χ0) is 18.8. The van der Waals surface area contributed by atoms with Crippen LogP contribution in [0.15, 0.2) is 18.2 Å². The summed E-state index contributed by atoms with van der Waals surface area (Å²) in [6.45, 7) is 13.6. The second-order valence-electron chi connectivity index (χ2n) is 6.28. The molecule has 2 amide bonds. The van der Waals surface area contributed by atoms with E-state index in [0.29, 0.717) is 13.1 Å². The van der Waals surface area contributed by atoms with Crippen LogP contribution < -0.4 is 10.2 Å². The molecule has 0 aliphatic heterocycles. The Balaban J connectivity index is 2.72. The maximum absolute atomic E-state index is 12.3. The summed E-state index contributed by atoms with van der Waals surface area (Å²) < 4.78 is 0. The molecule has 140 valence electrons. The molecule has 0 spiro atoms. The number of benzene rings is 1. The number of amides is 2. The summed E-state index contributed by atoms with van der Waals surface area (Å²) in [5.74, 6) is -0.348. The Kier molecular flexibility index (Phi) is 9.03. The molecule has 0 unspecified atom stereocenters. The van der Waals surface area contributed by atoms with E-state index in [0.717, 1.165) is 42.9 Å². The minimum Gasteiger partial charge on any atom is -0.372 e. The van der Waals surface area contributed by atoms with Crippen molar-refractivity contribution in [3.8, 4) is 0 Å². The lowest BCUT2D eigenvalue weighted by Crippen LogP contribution is -2.35. The van der Waals surface area contributed by atoms with Crippen molar-refractivity contribution in [3.63, 3.8) is 0 Å². The Morgan fingerprint density at radius 2 is 1.60 bits per heavy atom. The van der Waals surface area contributed by atoms with E-state index in [2.05, 4.69) is 30.1 Å². The fourth-order valence-electron chi connectivity index (χ4n) is 2.92. The highest BCUT2D eigenvalue weighted by Crippen LogP contribution is 2.22. The zero-order valence-corrected chi connectivity index (χ0v) is 16.4. The average Bonchev–Trinajstić information content (AvgIpc) is 2.58. The normalized spacial score (nSPS) is 10.4. The molecule has 1 aromatic carbocycles. The lowest BCUT2D eigenvalue weighted by Gasteiger charge is -2.23. The first-order valence-electron chi connectivity index (χ1n) is 9.39. The highest BCUT2D eigenvalue weighted by molar-refractivity contribution is 6.03. The van der Waals surface area contributed by atoms with Crippen molar-refractivity contribution in [3.05, 3.63) is 23.8 Å². The molecule has 0 saturated carbocycles. The lowest BCUT2D eigenvalue weighted by atomic mass is 10.1. The molecule has 1 N–H and O–H groups in total. The largest absolute Gasteiger partial charge is 0.372 e. The molecule has 0 heterocycles. The van der Waals surface area contributed by atoms with Crippen LogP contribution in [0.5, 0.6) is 0 Å². The lowest BCUT2D eigenvalue weighted by molar-refractivity contribution is -0.134. The van der Waals surface area contributed by atoms with Crippen LogP contribution in [0.25, 0.3) is 0 Å². The average molecular weight is 348 g/mol. The number of rotatable bonds is 10. The molecule has 0 bridgehead atoms. The van der Waals surface area contributed by atoms with Gasteiger partial charge in [0.25, 0.3) is 0 Å². The summed E-state index contributed by atoms with van der Waals surface area (Å²) in [4.78, 5) is 28.6. The van der Waals surface area contributed by atoms with Gasteiger partial charge in [0.15, 0.2) is 0 Å². The number of nitrogens with zero attached hydrogens (tertiary/aromatic N) is 2. The Labute approximate surface area is 152 Å². The SMILES string of the molecule is CCCN(CCC)C(=O)CC(=O)Nc1ccc(N(CC)CC)cc1C. The zero-order valence-electron chi connectivity index (χ0n) is 16.4. The van der Waals surface area contributed by atoms with Gasteiger partial charge in [-0.3, -0.25) is 9.59 Å². The minimum absolute atomic E-state index is 0.0985. The van der Waals surface area contributed by atoms with Crippen LogP contribution in [0.3, 0.4) is 0 Å². The molecular weight excluding hydrogens is 314 g/mol. The van der Waals surface area contributed by atoms with Crippen molar-refractivity contribution >= 4 is 23.2 Å². The fourth-order valence-corrected chi connectivity index (χ4v) is 2.92. The number of aryl methyl sites for hydroxylation is 1. The predicted octanol–water partition coefficient (Wildman–Crippen LogP) is 3.82. The van der Waals surface area contributed by atoms with E-state index in [1.54, 1.807) is 4.90 Å². The summed E-state index contributed by atoms with van der Waals surface area (Å²) in [5, 5.41) is 2.88. The molecule has 0 radical (unpaired) electrons. The van der Waals surface area contributed by atoms with Crippen molar-refractivity contribution < 1.29 is 9.59 Å². The first-order chi connectivity index (χ1) is 12.0. The van der Waals surface area contributed by atoms with E-state index in [4.69, 9.17) is 0 Å². The molecule has 25 heavy (non-hydrogen) atoms. The standard InChI is InChI=1S/C20H33N3O2/c1-6-12-23(13-7-2)20(25)15-19(24)21-18-11-10-17(14-16(18)5)22(8-3)9-4/h10-11,14H,6-9,12-13,15H2,1-5H3,(H,21,24). The second-order valence-corrected chi connectivity index (χ2v) is 6.28. The van der Waals surface area contributed by atoms with Crippen molar-refractivity contribution in [2.45, 2.75) is 53.9 Å². The molecule has 5 heteroatoms. The summed E-state index contributed by atoms with van der Waals surface area (Å²) in [6, 6.07) is 6.00. The third kappa shape index (κ3) is 6.40. The Morgan fingerprint density at radius 1 is 1.00 bits per heavy atom. The third-order valence-corrected chi connectivity index (χ3v) is 4.26. The van der Waals surface area contributed by atoms with E-state index in [1.165, 1.54) is 0 Å². The molecule has 0 aliphatic carbocycles. The summed E-state index contributed by atoms with van der Waals surface area (Å²) in [5.41, 5.74) is 2.92. The van der Waals surface area contributed by atoms with Gasteiger partial charge >= 0.3 is 0 Å². The van der Waals surface area contributed by atoms with E-state index in [1.807, 2.05) is 32.9 Å². The minimum atomic E-state index is -0.249. The molecule has 0 aromatic heterocycles. The number of nitrogens with one attached hydrogen (secondary N) is 1. The monoisotopic (exact) mass is 347 g/mol. The Morgan fingerprint density at radius 3 is 2.08 bits per heavy atom. The third-order valence-electron chi connectivity index (χ3n) is 4.26. The highest BCUT2D eigenvalue weighted by Gasteiger charge is 2.16. The Bertz CT molecular complexity index is 562. The van der Waals surface area contributed by atoms with Gasteiger partial charge in [-0.15, -0.1) is 0 Å². The number of carbonyl (C=O) groups excluding carboxylic acids is 2. The molecule has 0 atom stereocenters. The number of hydrogen-bond donors (Lipinski definition) is 1. The van der Waals surface area contributed by atoms with Crippen LogP contribution in [-0.2, 0) is 9.59 Å². The van der Waals surface area contributed by atoms with Gasteiger partial charge in [0.2, 0.25) is 11.8 Å². The fraction of sp³-hybridized carbons (Fsp3) is 0.600. The van der Waals surface area contributed by atoms with Gasteiger partial charge in [-0.25, -0.2) is 0 Å². The molecule has 0 fully saturated rings. The van der Waals surface area contributed by atoms with Crippen molar-refractivity contribution in [1.29, 1.82) is 0 Å². The van der Waals surface area contributed by atoms with Crippen LogP contribution >= 0.6 is 0 Å². The van der Waals surface area contributed by atoms with Gasteiger partial charge in [-0.1, -0.05) is 13.8 Å². The summed E-state index contributed by atoms with van der Waals surface area (Å²) >= 11 is 0. The van der Waals surface area contributed by atoms with Crippen molar-refractivity contribution in [2.24, 2.45) is 0 Å². The summed E-state index contributed by atoms with van der Waals surface area (Å²) in [6.07, 6.45) is 1.70. The summed E-state index contributed by atoms with van der Waals surface area (Å²) in [7, 11) is 0. The predicted molar refractivity (Wildman–Crippen MR) is 105 cm³/mol. The van der Waals surface area contributed by atoms with Crippen LogP contribution in [0.2, 0.25) is 0 Å². The van der Waals surface area contributed by atoms with Gasteiger partial charge in [0, 0.05) is 37.6 Å². The number of anilines is 2. The smallest absolute Gasteiger partial charge is 0.233 e. The van der Waals surface area contributed by atoms with Crippen LogP contribution in [0, 0.1) is 6.92 Å². The number of hydrogen-bond acceptors (Lipinski definition) is 3. The van der Waals surface area contributed by atoms with Gasteiger partial charge in [-0.2, -0.15) is 0 Å². The number of carbonyl (C=O) groups is 2. The van der Waals surface area contributed by atoms with Crippen molar-refractivity contribution in [1.82, 2.24) is 4.90 Å². The van der Waals surface area contributed by atoms with E-state index >= 15 is 0 Å². The van der Waals surface area contributed by atoms with Crippen LogP contribution in [0.4, 0.5) is 11.4 Å². The quantitative estimate of drug-likeness (QED) is 0.655. The van der Waals surface area contributed by atoms with Crippen LogP contribution in [0.1, 0.15) is 52.5 Å². The van der Waals surface area contributed by atoms with Gasteiger partial charge < -0.3 is 15.1 Å². The maximum Gasteiger partial charge on any atom is 0.233 e. The second kappa shape index (κ2) is 10.7. The van der Waals surface area contributed by atoms with E-state index in [-0.39, 0.29) is 18.2 Å². The molecule has 1 rings (SSSR count). The molecule has 1 aromatic rings. The molecular formula is C20H33N3O2. The topological polar surface area (TPSA) is 52.7 Å². The molecule has 0 saturated heterocycles. The van der Waals surface area contributed by atoms with Gasteiger partial charge in [0.05, 0.1) is 0 Å². The first kappa shape index (κ1) is 21.0. The first-order valence-corrected chi connectivity index (χ1v) is 9.39. The van der Waals surface area contributed by atoms with Gasteiger partial charge in [-0.05, 0) is 57.4 Å².